The van der Waals surface area contributed by atoms with Crippen molar-refractivity contribution >= 4 is 17.5 Å². The number of hydrogen-bond donors (Lipinski definition) is 1. The first-order valence-corrected chi connectivity index (χ1v) is 5.58. The van der Waals surface area contributed by atoms with Crippen LogP contribution < -0.4 is 5.32 Å². The molecule has 0 saturated heterocycles. The lowest BCUT2D eigenvalue weighted by molar-refractivity contribution is 0.0946. The van der Waals surface area contributed by atoms with Gasteiger partial charge in [0.05, 0.1) is 11.8 Å². The molecule has 1 heterocycles. The van der Waals surface area contributed by atoms with Gasteiger partial charge in [-0.2, -0.15) is 0 Å². The van der Waals surface area contributed by atoms with Crippen LogP contribution in [-0.4, -0.2) is 12.5 Å². The lowest BCUT2D eigenvalue weighted by Crippen LogP contribution is -2.28. The molecule has 3 nitrogen and oxygen atoms in total. The molecule has 0 atom stereocenters. The van der Waals surface area contributed by atoms with Crippen molar-refractivity contribution in [1.82, 2.24) is 5.32 Å². The van der Waals surface area contributed by atoms with Gasteiger partial charge in [-0.05, 0) is 23.6 Å². The summed E-state index contributed by atoms with van der Waals surface area (Å²) in [6.07, 6.45) is 3.54. The van der Waals surface area contributed by atoms with Crippen LogP contribution in [-0.2, 0) is 0 Å². The van der Waals surface area contributed by atoms with Gasteiger partial charge < -0.3 is 9.73 Å². The topological polar surface area (TPSA) is 42.2 Å². The highest BCUT2D eigenvalue weighted by Gasteiger charge is 2.13. The molecule has 0 aliphatic heterocycles. The van der Waals surface area contributed by atoms with Crippen molar-refractivity contribution in [3.8, 4) is 0 Å². The Balaban J connectivity index is 2.47. The minimum Gasteiger partial charge on any atom is -0.452 e. The molecule has 0 aromatic carbocycles. The summed E-state index contributed by atoms with van der Waals surface area (Å²) in [6.45, 7) is 4.92. The summed E-state index contributed by atoms with van der Waals surface area (Å²) in [6, 6.07) is 1.57. The summed E-state index contributed by atoms with van der Waals surface area (Å²) >= 11 is 5.69. The Labute approximate surface area is 94.8 Å². The molecule has 0 unspecified atom stereocenters. The molecule has 0 aliphatic rings. The van der Waals surface area contributed by atoms with Gasteiger partial charge in [0.25, 0.3) is 5.91 Å². The summed E-state index contributed by atoms with van der Waals surface area (Å²) in [7, 11) is 0. The van der Waals surface area contributed by atoms with Crippen molar-refractivity contribution in [2.45, 2.75) is 26.7 Å². The van der Waals surface area contributed by atoms with Crippen LogP contribution in [0.4, 0.5) is 0 Å². The van der Waals surface area contributed by atoms with E-state index in [2.05, 4.69) is 19.2 Å². The van der Waals surface area contributed by atoms with E-state index >= 15 is 0 Å². The number of furan rings is 1. The highest BCUT2D eigenvalue weighted by molar-refractivity contribution is 6.32. The molecule has 1 N–H and O–H groups in total. The van der Waals surface area contributed by atoms with Crippen LogP contribution in [0.15, 0.2) is 16.7 Å². The van der Waals surface area contributed by atoms with Gasteiger partial charge in [-0.1, -0.05) is 26.7 Å². The van der Waals surface area contributed by atoms with Gasteiger partial charge >= 0.3 is 0 Å². The molecule has 0 spiro atoms. The quantitative estimate of drug-likeness (QED) is 0.843. The van der Waals surface area contributed by atoms with E-state index in [9.17, 15) is 4.79 Å². The van der Waals surface area contributed by atoms with Gasteiger partial charge in [-0.3, -0.25) is 4.79 Å². The van der Waals surface area contributed by atoms with Crippen molar-refractivity contribution in [3.05, 3.63) is 23.1 Å². The normalized spacial score (nSPS) is 10.7. The van der Waals surface area contributed by atoms with E-state index in [4.69, 9.17) is 16.0 Å². The molecular formula is C11H16ClNO2. The van der Waals surface area contributed by atoms with Crippen molar-refractivity contribution in [2.75, 3.05) is 6.54 Å². The zero-order valence-electron chi connectivity index (χ0n) is 9.05. The third-order valence-electron chi connectivity index (χ3n) is 2.57. The minimum absolute atomic E-state index is 0.150. The van der Waals surface area contributed by atoms with Gasteiger partial charge in [0.2, 0.25) is 5.22 Å². The Bertz CT molecular complexity index is 318. The minimum atomic E-state index is -0.166. The van der Waals surface area contributed by atoms with E-state index < -0.39 is 0 Å². The van der Waals surface area contributed by atoms with Gasteiger partial charge in [0.15, 0.2) is 0 Å². The molecule has 0 radical (unpaired) electrons. The fraction of sp³-hybridized carbons (Fsp3) is 0.545. The monoisotopic (exact) mass is 229 g/mol. The Morgan fingerprint density at radius 1 is 1.53 bits per heavy atom. The number of carbonyl (C=O) groups excluding carboxylic acids is 1. The van der Waals surface area contributed by atoms with E-state index in [1.807, 2.05) is 0 Å². The van der Waals surface area contributed by atoms with Crippen LogP contribution in [0.5, 0.6) is 0 Å². The molecule has 1 aromatic rings. The Hall–Kier alpha value is -0.960. The van der Waals surface area contributed by atoms with Crippen molar-refractivity contribution in [2.24, 2.45) is 5.92 Å². The van der Waals surface area contributed by atoms with E-state index in [0.717, 1.165) is 12.8 Å². The second kappa shape index (κ2) is 5.81. The third kappa shape index (κ3) is 3.27. The molecule has 4 heteroatoms. The summed E-state index contributed by atoms with van der Waals surface area (Å²) in [4.78, 5) is 11.6. The lowest BCUT2D eigenvalue weighted by Gasteiger charge is -2.12. The van der Waals surface area contributed by atoms with Crippen LogP contribution in [0.2, 0.25) is 5.22 Å². The van der Waals surface area contributed by atoms with E-state index in [1.54, 1.807) is 6.07 Å². The van der Waals surface area contributed by atoms with Crippen LogP contribution >= 0.6 is 11.6 Å². The van der Waals surface area contributed by atoms with E-state index in [1.165, 1.54) is 6.26 Å². The maximum absolute atomic E-state index is 11.6. The molecule has 15 heavy (non-hydrogen) atoms. The Kier molecular flexibility index (Phi) is 4.69. The smallest absolute Gasteiger partial charge is 0.256 e. The average Bonchev–Trinajstić information content (AvgIpc) is 2.66. The molecule has 1 rings (SSSR count). The molecule has 0 fully saturated rings. The fourth-order valence-corrected chi connectivity index (χ4v) is 1.57. The summed E-state index contributed by atoms with van der Waals surface area (Å²) in [5.41, 5.74) is 0.405. The SMILES string of the molecule is CCC(CC)CNC(=O)c1ccoc1Cl. The molecule has 1 aromatic heterocycles. The molecule has 0 bridgehead atoms. The number of rotatable bonds is 5. The highest BCUT2D eigenvalue weighted by Crippen LogP contribution is 2.16. The number of amides is 1. The third-order valence-corrected chi connectivity index (χ3v) is 2.86. The first-order valence-electron chi connectivity index (χ1n) is 5.20. The molecule has 0 aliphatic carbocycles. The van der Waals surface area contributed by atoms with Gasteiger partial charge in [0.1, 0.15) is 0 Å². The van der Waals surface area contributed by atoms with E-state index in [-0.39, 0.29) is 11.1 Å². The van der Waals surface area contributed by atoms with Gasteiger partial charge in [-0.25, -0.2) is 0 Å². The second-order valence-electron chi connectivity index (χ2n) is 3.50. The highest BCUT2D eigenvalue weighted by atomic mass is 35.5. The van der Waals surface area contributed by atoms with Crippen molar-refractivity contribution < 1.29 is 9.21 Å². The van der Waals surface area contributed by atoms with Crippen molar-refractivity contribution in [3.63, 3.8) is 0 Å². The first-order chi connectivity index (χ1) is 7.19. The Morgan fingerprint density at radius 2 is 2.20 bits per heavy atom. The summed E-state index contributed by atoms with van der Waals surface area (Å²) < 4.78 is 4.85. The average molecular weight is 230 g/mol. The number of carbonyl (C=O) groups is 1. The predicted molar refractivity (Wildman–Crippen MR) is 60.1 cm³/mol. The number of halogens is 1. The Morgan fingerprint density at radius 3 is 2.67 bits per heavy atom. The number of hydrogen-bond acceptors (Lipinski definition) is 2. The van der Waals surface area contributed by atoms with Gasteiger partial charge in [-0.15, -0.1) is 0 Å². The number of nitrogens with one attached hydrogen (secondary N) is 1. The molecule has 0 saturated carbocycles. The molecule has 84 valence electrons. The molecular weight excluding hydrogens is 214 g/mol. The zero-order chi connectivity index (χ0) is 11.3. The predicted octanol–water partition coefficient (Wildman–Crippen LogP) is 3.10. The van der Waals surface area contributed by atoms with Crippen molar-refractivity contribution in [1.29, 1.82) is 0 Å². The maximum atomic E-state index is 11.6. The zero-order valence-corrected chi connectivity index (χ0v) is 9.80. The standard InChI is InChI=1S/C11H16ClNO2/c1-3-8(4-2)7-13-11(14)9-5-6-15-10(9)12/h5-6,8H,3-4,7H2,1-2H3,(H,13,14). The summed E-state index contributed by atoms with van der Waals surface area (Å²) in [5.74, 6) is 0.361. The maximum Gasteiger partial charge on any atom is 0.256 e. The lowest BCUT2D eigenvalue weighted by atomic mass is 10.0. The van der Waals surface area contributed by atoms with Crippen LogP contribution in [0.25, 0.3) is 0 Å². The molecule has 1 amide bonds. The van der Waals surface area contributed by atoms with Gasteiger partial charge in [0, 0.05) is 6.54 Å². The van der Waals surface area contributed by atoms with Crippen LogP contribution in [0.1, 0.15) is 37.0 Å². The van der Waals surface area contributed by atoms with E-state index in [0.29, 0.717) is 18.0 Å². The van der Waals surface area contributed by atoms with Crippen LogP contribution in [0.3, 0.4) is 0 Å². The second-order valence-corrected chi connectivity index (χ2v) is 3.84. The fourth-order valence-electron chi connectivity index (χ4n) is 1.37. The summed E-state index contributed by atoms with van der Waals surface area (Å²) in [5, 5.41) is 2.99. The van der Waals surface area contributed by atoms with Crippen LogP contribution in [0, 0.1) is 5.92 Å². The largest absolute Gasteiger partial charge is 0.452 e. The first kappa shape index (κ1) is 12.1.